The Morgan fingerprint density at radius 2 is 2.46 bits per heavy atom. The molecule has 4 nitrogen and oxygen atoms in total. The first-order valence-corrected chi connectivity index (χ1v) is 5.15. The van der Waals surface area contributed by atoms with Gasteiger partial charge in [-0.3, -0.25) is 10.1 Å². The molecule has 5 heteroatoms. The number of ether oxygens (including phenoxy) is 1. The van der Waals surface area contributed by atoms with Crippen LogP contribution in [0.1, 0.15) is 13.8 Å². The second-order valence-corrected chi connectivity index (χ2v) is 4.80. The Bertz CT molecular complexity index is 212. The SMILES string of the molecule is COC(C)C1(C)N[C@H](C(=O)O)CS1. The first kappa shape index (κ1) is 10.8. The summed E-state index contributed by atoms with van der Waals surface area (Å²) in [5, 5.41) is 11.8. The average molecular weight is 205 g/mol. The molecule has 0 amide bonds. The third-order valence-corrected chi connectivity index (χ3v) is 3.99. The van der Waals surface area contributed by atoms with Crippen LogP contribution in [0.15, 0.2) is 0 Å². The Balaban J connectivity index is 2.60. The highest BCUT2D eigenvalue weighted by molar-refractivity contribution is 8.01. The van der Waals surface area contributed by atoms with Gasteiger partial charge in [-0.05, 0) is 13.8 Å². The number of carboxylic acids is 1. The van der Waals surface area contributed by atoms with Crippen molar-refractivity contribution >= 4 is 17.7 Å². The highest BCUT2D eigenvalue weighted by Crippen LogP contribution is 2.34. The van der Waals surface area contributed by atoms with E-state index in [0.717, 1.165) is 0 Å². The number of nitrogens with one attached hydrogen (secondary N) is 1. The van der Waals surface area contributed by atoms with Gasteiger partial charge in [0.25, 0.3) is 0 Å². The summed E-state index contributed by atoms with van der Waals surface area (Å²) in [7, 11) is 1.63. The first-order valence-electron chi connectivity index (χ1n) is 4.17. The van der Waals surface area contributed by atoms with E-state index >= 15 is 0 Å². The Morgan fingerprint density at radius 1 is 1.85 bits per heavy atom. The molecular formula is C8H15NO3S. The van der Waals surface area contributed by atoms with Crippen LogP contribution in [-0.4, -0.2) is 41.0 Å². The van der Waals surface area contributed by atoms with Gasteiger partial charge in [-0.25, -0.2) is 0 Å². The summed E-state index contributed by atoms with van der Waals surface area (Å²) in [6.45, 7) is 3.90. The van der Waals surface area contributed by atoms with Crippen molar-refractivity contribution in [3.63, 3.8) is 0 Å². The van der Waals surface area contributed by atoms with Gasteiger partial charge in [0, 0.05) is 12.9 Å². The molecule has 0 aromatic rings. The number of aliphatic carboxylic acids is 1. The van der Waals surface area contributed by atoms with Crippen LogP contribution in [0.25, 0.3) is 0 Å². The summed E-state index contributed by atoms with van der Waals surface area (Å²) in [5.74, 6) is -0.195. The predicted octanol–water partition coefficient (Wildman–Crippen LogP) is 0.527. The number of methoxy groups -OCH3 is 1. The molecule has 76 valence electrons. The molecule has 1 rings (SSSR count). The van der Waals surface area contributed by atoms with E-state index in [2.05, 4.69) is 5.32 Å². The maximum atomic E-state index is 10.7. The van der Waals surface area contributed by atoms with E-state index in [9.17, 15) is 4.79 Å². The lowest BCUT2D eigenvalue weighted by molar-refractivity contribution is -0.139. The Hall–Kier alpha value is -0.260. The van der Waals surface area contributed by atoms with Crippen LogP contribution >= 0.6 is 11.8 Å². The largest absolute Gasteiger partial charge is 0.480 e. The molecule has 1 aliphatic heterocycles. The summed E-state index contributed by atoms with van der Waals surface area (Å²) in [6.07, 6.45) is 0.00171. The number of carbonyl (C=O) groups is 1. The van der Waals surface area contributed by atoms with Gasteiger partial charge < -0.3 is 9.84 Å². The lowest BCUT2D eigenvalue weighted by atomic mass is 10.2. The van der Waals surface area contributed by atoms with Crippen molar-refractivity contribution in [2.75, 3.05) is 12.9 Å². The molecule has 0 aromatic carbocycles. The minimum atomic E-state index is -0.792. The zero-order valence-electron chi connectivity index (χ0n) is 8.03. The molecule has 0 spiro atoms. The van der Waals surface area contributed by atoms with Crippen molar-refractivity contribution in [1.82, 2.24) is 5.32 Å². The summed E-state index contributed by atoms with van der Waals surface area (Å²) in [4.78, 5) is 10.4. The number of carboxylic acid groups (broad SMARTS) is 1. The van der Waals surface area contributed by atoms with Gasteiger partial charge in [-0.2, -0.15) is 0 Å². The van der Waals surface area contributed by atoms with Gasteiger partial charge in [0.1, 0.15) is 6.04 Å². The molecule has 0 bridgehead atoms. The molecule has 1 aliphatic rings. The van der Waals surface area contributed by atoms with Gasteiger partial charge in [0.15, 0.2) is 0 Å². The Morgan fingerprint density at radius 3 is 2.85 bits per heavy atom. The van der Waals surface area contributed by atoms with Crippen LogP contribution in [0.3, 0.4) is 0 Å². The van der Waals surface area contributed by atoms with Crippen molar-refractivity contribution in [3.8, 4) is 0 Å². The van der Waals surface area contributed by atoms with E-state index in [1.165, 1.54) is 0 Å². The molecule has 0 aromatic heterocycles. The van der Waals surface area contributed by atoms with E-state index in [0.29, 0.717) is 5.75 Å². The van der Waals surface area contributed by atoms with Crippen molar-refractivity contribution < 1.29 is 14.6 Å². The quantitative estimate of drug-likeness (QED) is 0.703. The molecule has 2 N–H and O–H groups in total. The van der Waals surface area contributed by atoms with Crippen LogP contribution in [-0.2, 0) is 9.53 Å². The molecule has 1 heterocycles. The van der Waals surface area contributed by atoms with Gasteiger partial charge in [-0.15, -0.1) is 11.8 Å². The van der Waals surface area contributed by atoms with Crippen molar-refractivity contribution in [2.45, 2.75) is 30.9 Å². The lowest BCUT2D eigenvalue weighted by Gasteiger charge is -2.29. The van der Waals surface area contributed by atoms with Crippen LogP contribution in [0.5, 0.6) is 0 Å². The standard InChI is InChI=1S/C8H15NO3S/c1-5(12-3)8(2)9-6(4-13-8)7(10)11/h5-6,9H,4H2,1-3H3,(H,10,11)/t5?,6-,8?/m0/s1. The maximum Gasteiger partial charge on any atom is 0.321 e. The van der Waals surface area contributed by atoms with Gasteiger partial charge >= 0.3 is 5.97 Å². The van der Waals surface area contributed by atoms with E-state index in [4.69, 9.17) is 9.84 Å². The molecule has 3 atom stereocenters. The second-order valence-electron chi connectivity index (χ2n) is 3.33. The fourth-order valence-electron chi connectivity index (χ4n) is 1.28. The molecule has 1 saturated heterocycles. The topological polar surface area (TPSA) is 58.6 Å². The smallest absolute Gasteiger partial charge is 0.321 e. The highest BCUT2D eigenvalue weighted by Gasteiger charge is 2.42. The van der Waals surface area contributed by atoms with Crippen LogP contribution in [0, 0.1) is 0 Å². The highest BCUT2D eigenvalue weighted by atomic mass is 32.2. The predicted molar refractivity (Wildman–Crippen MR) is 51.9 cm³/mol. The third kappa shape index (κ3) is 2.15. The van der Waals surface area contributed by atoms with Gasteiger partial charge in [0.05, 0.1) is 11.0 Å². The molecule has 0 aliphatic carbocycles. The monoisotopic (exact) mass is 205 g/mol. The fourth-order valence-corrected chi connectivity index (χ4v) is 2.57. The number of hydrogen-bond donors (Lipinski definition) is 2. The summed E-state index contributed by atoms with van der Waals surface area (Å²) in [5.41, 5.74) is 0. The van der Waals surface area contributed by atoms with E-state index in [1.54, 1.807) is 18.9 Å². The number of thioether (sulfide) groups is 1. The second kappa shape index (κ2) is 3.86. The normalized spacial score (nSPS) is 36.1. The molecular weight excluding hydrogens is 190 g/mol. The molecule has 0 saturated carbocycles. The maximum absolute atomic E-state index is 10.7. The summed E-state index contributed by atoms with van der Waals surface area (Å²) >= 11 is 1.60. The minimum Gasteiger partial charge on any atom is -0.480 e. The Labute approximate surface area is 82.0 Å². The Kier molecular flexibility index (Phi) is 3.21. The average Bonchev–Trinajstić information content (AvgIpc) is 2.48. The van der Waals surface area contributed by atoms with E-state index < -0.39 is 12.0 Å². The van der Waals surface area contributed by atoms with Crippen LogP contribution in [0.2, 0.25) is 0 Å². The van der Waals surface area contributed by atoms with E-state index in [-0.39, 0.29) is 11.0 Å². The summed E-state index contributed by atoms with van der Waals surface area (Å²) < 4.78 is 5.19. The zero-order valence-corrected chi connectivity index (χ0v) is 8.85. The number of hydrogen-bond acceptors (Lipinski definition) is 4. The minimum absolute atomic E-state index is 0.00171. The first-order chi connectivity index (χ1) is 5.99. The number of rotatable bonds is 3. The fraction of sp³-hybridized carbons (Fsp3) is 0.875. The van der Waals surface area contributed by atoms with Crippen molar-refractivity contribution in [3.05, 3.63) is 0 Å². The van der Waals surface area contributed by atoms with Crippen molar-refractivity contribution in [1.29, 1.82) is 0 Å². The van der Waals surface area contributed by atoms with E-state index in [1.807, 2.05) is 13.8 Å². The third-order valence-electron chi connectivity index (χ3n) is 2.44. The lowest BCUT2D eigenvalue weighted by Crippen LogP contribution is -2.49. The molecule has 1 fully saturated rings. The summed E-state index contributed by atoms with van der Waals surface area (Å²) in [6, 6.07) is -0.451. The zero-order chi connectivity index (χ0) is 10.1. The van der Waals surface area contributed by atoms with Crippen LogP contribution in [0.4, 0.5) is 0 Å². The molecule has 2 unspecified atom stereocenters. The van der Waals surface area contributed by atoms with Crippen LogP contribution < -0.4 is 5.32 Å². The molecule has 13 heavy (non-hydrogen) atoms. The van der Waals surface area contributed by atoms with Gasteiger partial charge in [0.2, 0.25) is 0 Å². The van der Waals surface area contributed by atoms with Gasteiger partial charge in [-0.1, -0.05) is 0 Å². The molecule has 0 radical (unpaired) electrons. The van der Waals surface area contributed by atoms with Crippen molar-refractivity contribution in [2.24, 2.45) is 0 Å².